The first-order chi connectivity index (χ1) is 11.9. The maximum Gasteiger partial charge on any atom is 0.416 e. The Balaban J connectivity index is 2.38. The Morgan fingerprint density at radius 3 is 2.32 bits per heavy atom. The third-order valence-electron chi connectivity index (χ3n) is 3.83. The number of carbonyl (C=O) groups is 2. The van der Waals surface area contributed by atoms with Gasteiger partial charge in [0.15, 0.2) is 12.6 Å². The van der Waals surface area contributed by atoms with E-state index in [1.807, 2.05) is 0 Å². The highest BCUT2D eigenvalue weighted by molar-refractivity contribution is 6.00. The monoisotopic (exact) mass is 345 g/mol. The zero-order valence-corrected chi connectivity index (χ0v) is 12.6. The van der Waals surface area contributed by atoms with Crippen LogP contribution < -0.4 is 5.43 Å². The van der Waals surface area contributed by atoms with Crippen molar-refractivity contribution in [1.29, 1.82) is 0 Å². The van der Waals surface area contributed by atoms with Gasteiger partial charge in [-0.05, 0) is 29.8 Å². The van der Waals surface area contributed by atoms with Crippen LogP contribution in [0.1, 0.15) is 26.3 Å². The van der Waals surface area contributed by atoms with Crippen molar-refractivity contribution in [3.05, 3.63) is 69.4 Å². The molecular formula is C18H10F3NO3. The van der Waals surface area contributed by atoms with Crippen LogP contribution in [0.3, 0.4) is 0 Å². The van der Waals surface area contributed by atoms with Crippen LogP contribution >= 0.6 is 0 Å². The highest BCUT2D eigenvalue weighted by Crippen LogP contribution is 2.32. The fourth-order valence-electron chi connectivity index (χ4n) is 2.64. The van der Waals surface area contributed by atoms with Crippen LogP contribution in [0.25, 0.3) is 22.2 Å². The molecule has 7 heteroatoms. The van der Waals surface area contributed by atoms with Crippen LogP contribution in [-0.4, -0.2) is 17.6 Å². The average molecular weight is 345 g/mol. The predicted octanol–water partition coefficient (Wildman–Crippen LogP) is 3.84. The number of hydrogen-bond donors (Lipinski definition) is 1. The van der Waals surface area contributed by atoms with E-state index in [4.69, 9.17) is 0 Å². The van der Waals surface area contributed by atoms with E-state index >= 15 is 0 Å². The molecule has 25 heavy (non-hydrogen) atoms. The normalized spacial score (nSPS) is 11.5. The minimum atomic E-state index is -4.57. The van der Waals surface area contributed by atoms with E-state index < -0.39 is 17.2 Å². The molecule has 2 aromatic carbocycles. The molecule has 0 aliphatic heterocycles. The highest BCUT2D eigenvalue weighted by atomic mass is 19.4. The van der Waals surface area contributed by atoms with E-state index in [1.54, 1.807) is 0 Å². The summed E-state index contributed by atoms with van der Waals surface area (Å²) < 4.78 is 38.8. The number of rotatable bonds is 3. The van der Waals surface area contributed by atoms with Gasteiger partial charge in [-0.3, -0.25) is 14.4 Å². The van der Waals surface area contributed by atoms with E-state index in [-0.39, 0.29) is 33.3 Å². The summed E-state index contributed by atoms with van der Waals surface area (Å²) in [5.41, 5.74) is -1.56. The van der Waals surface area contributed by atoms with Crippen molar-refractivity contribution in [3.63, 3.8) is 0 Å². The third kappa shape index (κ3) is 2.84. The fraction of sp³-hybridized carbons (Fsp3) is 0.0556. The summed E-state index contributed by atoms with van der Waals surface area (Å²) in [4.78, 5) is 37.9. The number of H-pyrrole nitrogens is 1. The van der Waals surface area contributed by atoms with Crippen molar-refractivity contribution >= 4 is 23.5 Å². The molecule has 1 aromatic heterocycles. The molecule has 0 aliphatic rings. The maximum atomic E-state index is 12.9. The van der Waals surface area contributed by atoms with Crippen LogP contribution in [-0.2, 0) is 6.18 Å². The van der Waals surface area contributed by atoms with Gasteiger partial charge in [-0.25, -0.2) is 0 Å². The molecule has 0 bridgehead atoms. The number of aromatic amines is 1. The van der Waals surface area contributed by atoms with Gasteiger partial charge in [-0.2, -0.15) is 13.2 Å². The van der Waals surface area contributed by atoms with Crippen LogP contribution in [0, 0.1) is 0 Å². The average Bonchev–Trinajstić information content (AvgIpc) is 2.60. The van der Waals surface area contributed by atoms with Gasteiger partial charge in [-0.1, -0.05) is 18.2 Å². The molecule has 0 radical (unpaired) electrons. The van der Waals surface area contributed by atoms with Gasteiger partial charge >= 0.3 is 6.18 Å². The number of halogens is 3. The molecule has 1 heterocycles. The van der Waals surface area contributed by atoms with Gasteiger partial charge in [0, 0.05) is 10.9 Å². The summed E-state index contributed by atoms with van der Waals surface area (Å²) in [6, 6.07) is 8.64. The number of pyridine rings is 1. The van der Waals surface area contributed by atoms with E-state index in [2.05, 4.69) is 4.98 Å². The third-order valence-corrected chi connectivity index (χ3v) is 3.83. The lowest BCUT2D eigenvalue weighted by molar-refractivity contribution is -0.137. The lowest BCUT2D eigenvalue weighted by Gasteiger charge is -2.12. The molecule has 0 saturated heterocycles. The number of hydrogen-bond acceptors (Lipinski definition) is 3. The van der Waals surface area contributed by atoms with Gasteiger partial charge in [0.05, 0.1) is 22.3 Å². The SMILES string of the molecule is O=Cc1c(-c2cccc(C(F)(F)F)c2)[nH]c2c(C=O)cccc2c1=O. The molecule has 126 valence electrons. The zero-order chi connectivity index (χ0) is 18.2. The lowest BCUT2D eigenvalue weighted by Crippen LogP contribution is -2.13. The second-order valence-corrected chi connectivity index (χ2v) is 5.33. The quantitative estimate of drug-likeness (QED) is 0.734. The van der Waals surface area contributed by atoms with Gasteiger partial charge < -0.3 is 4.98 Å². The van der Waals surface area contributed by atoms with Crippen molar-refractivity contribution in [2.75, 3.05) is 0 Å². The van der Waals surface area contributed by atoms with Crippen molar-refractivity contribution in [3.8, 4) is 11.3 Å². The summed E-state index contributed by atoms with van der Waals surface area (Å²) in [6.07, 6.45) is -3.75. The van der Waals surface area contributed by atoms with Gasteiger partial charge in [-0.15, -0.1) is 0 Å². The fourth-order valence-corrected chi connectivity index (χ4v) is 2.64. The summed E-state index contributed by atoms with van der Waals surface area (Å²) >= 11 is 0. The standard InChI is InChI=1S/C18H10F3NO3/c19-18(20,21)12-5-1-3-10(7-12)15-14(9-24)17(25)13-6-2-4-11(8-23)16(13)22-15/h1-9H,(H,22,25). The molecular weight excluding hydrogens is 335 g/mol. The number of nitrogens with one attached hydrogen (secondary N) is 1. The van der Waals surface area contributed by atoms with E-state index in [9.17, 15) is 27.6 Å². The van der Waals surface area contributed by atoms with Crippen LogP contribution in [0.5, 0.6) is 0 Å². The molecule has 1 N–H and O–H groups in total. The van der Waals surface area contributed by atoms with Gasteiger partial charge in [0.2, 0.25) is 5.43 Å². The molecule has 0 unspecified atom stereocenters. The first-order valence-electron chi connectivity index (χ1n) is 7.14. The molecule has 3 rings (SSSR count). The van der Waals surface area contributed by atoms with Gasteiger partial charge in [0.25, 0.3) is 0 Å². The van der Waals surface area contributed by atoms with Crippen LogP contribution in [0.4, 0.5) is 13.2 Å². The number of carbonyl (C=O) groups excluding carboxylic acids is 2. The van der Waals surface area contributed by atoms with Crippen molar-refractivity contribution in [1.82, 2.24) is 4.98 Å². The number of benzene rings is 2. The zero-order valence-electron chi connectivity index (χ0n) is 12.6. The summed E-state index contributed by atoms with van der Waals surface area (Å²) in [5.74, 6) is 0. The van der Waals surface area contributed by atoms with Crippen LogP contribution in [0.2, 0.25) is 0 Å². The molecule has 3 aromatic rings. The Kier molecular flexibility index (Phi) is 4.00. The minimum absolute atomic E-state index is 0.0247. The summed E-state index contributed by atoms with van der Waals surface area (Å²) in [5, 5.41) is 0.113. The maximum absolute atomic E-state index is 12.9. The highest BCUT2D eigenvalue weighted by Gasteiger charge is 2.30. The molecule has 0 aliphatic carbocycles. The Morgan fingerprint density at radius 2 is 1.68 bits per heavy atom. The molecule has 0 atom stereocenters. The lowest BCUT2D eigenvalue weighted by atomic mass is 10.0. The Hall–Kier alpha value is -3.22. The predicted molar refractivity (Wildman–Crippen MR) is 85.8 cm³/mol. The Bertz CT molecular complexity index is 1050. The molecule has 4 nitrogen and oxygen atoms in total. The Morgan fingerprint density at radius 1 is 0.960 bits per heavy atom. The van der Waals surface area contributed by atoms with E-state index in [0.717, 1.165) is 12.1 Å². The number of para-hydroxylation sites is 1. The minimum Gasteiger partial charge on any atom is -0.353 e. The molecule has 0 spiro atoms. The van der Waals surface area contributed by atoms with E-state index in [1.165, 1.54) is 30.3 Å². The van der Waals surface area contributed by atoms with E-state index in [0.29, 0.717) is 12.6 Å². The number of fused-ring (bicyclic) bond motifs is 1. The topological polar surface area (TPSA) is 67.0 Å². The largest absolute Gasteiger partial charge is 0.416 e. The number of aromatic nitrogens is 1. The summed E-state index contributed by atoms with van der Waals surface area (Å²) in [6.45, 7) is 0. The van der Waals surface area contributed by atoms with Crippen LogP contribution in [0.15, 0.2) is 47.3 Å². The van der Waals surface area contributed by atoms with Crippen molar-refractivity contribution in [2.24, 2.45) is 0 Å². The Labute approximate surface area is 138 Å². The summed E-state index contributed by atoms with van der Waals surface area (Å²) in [7, 11) is 0. The smallest absolute Gasteiger partial charge is 0.353 e. The van der Waals surface area contributed by atoms with Gasteiger partial charge in [0.1, 0.15) is 0 Å². The second-order valence-electron chi connectivity index (χ2n) is 5.33. The second kappa shape index (κ2) is 6.01. The van der Waals surface area contributed by atoms with Crippen molar-refractivity contribution < 1.29 is 22.8 Å². The van der Waals surface area contributed by atoms with Crippen molar-refractivity contribution in [2.45, 2.75) is 6.18 Å². The molecule has 0 amide bonds. The first kappa shape index (κ1) is 16.6. The first-order valence-corrected chi connectivity index (χ1v) is 7.14. The molecule has 0 saturated carbocycles. The number of alkyl halides is 3. The number of aldehydes is 2. The molecule has 0 fully saturated rings.